The van der Waals surface area contributed by atoms with Crippen molar-refractivity contribution in [1.29, 1.82) is 0 Å². The topological polar surface area (TPSA) is 98.7 Å². The number of carbonyl (C=O) groups excluding carboxylic acids is 2. The summed E-state index contributed by atoms with van der Waals surface area (Å²) in [6.45, 7) is 3.40. The van der Waals surface area contributed by atoms with Gasteiger partial charge < -0.3 is 20.6 Å². The molecule has 7 heteroatoms. The summed E-state index contributed by atoms with van der Waals surface area (Å²) in [6, 6.07) is -0.0529. The minimum absolute atomic E-state index is 0.00447. The van der Waals surface area contributed by atoms with Crippen LogP contribution in [0.2, 0.25) is 0 Å². The Morgan fingerprint density at radius 3 is 2.54 bits per heavy atom. The fourth-order valence-corrected chi connectivity index (χ4v) is 3.50. The highest BCUT2D eigenvalue weighted by Crippen LogP contribution is 2.19. The summed E-state index contributed by atoms with van der Waals surface area (Å²) in [4.78, 5) is 36.5. The fourth-order valence-electron chi connectivity index (χ4n) is 3.50. The number of carboxylic acid groups (broad SMARTS) is 1. The molecule has 7 nitrogen and oxygen atoms in total. The third-order valence-electron chi connectivity index (χ3n) is 4.93. The van der Waals surface area contributed by atoms with Crippen molar-refractivity contribution in [2.45, 2.75) is 57.4 Å². The van der Waals surface area contributed by atoms with Gasteiger partial charge in [-0.1, -0.05) is 0 Å². The second kappa shape index (κ2) is 9.61. The molecule has 2 amide bonds. The molecule has 0 aliphatic carbocycles. The maximum absolute atomic E-state index is 12.4. The summed E-state index contributed by atoms with van der Waals surface area (Å²) in [5.74, 6) is -0.389. The highest BCUT2D eigenvalue weighted by molar-refractivity contribution is 5.81. The van der Waals surface area contributed by atoms with Crippen molar-refractivity contribution >= 4 is 17.8 Å². The van der Waals surface area contributed by atoms with Gasteiger partial charge in [-0.3, -0.25) is 14.4 Å². The van der Waals surface area contributed by atoms with E-state index in [1.54, 1.807) is 0 Å². The molecule has 2 aliphatic heterocycles. The molecule has 136 valence electrons. The van der Waals surface area contributed by atoms with Crippen LogP contribution in [0, 0.1) is 5.92 Å². The molecule has 2 rings (SSSR count). The lowest BCUT2D eigenvalue weighted by molar-refractivity contribution is -0.139. The van der Waals surface area contributed by atoms with Crippen LogP contribution in [0.15, 0.2) is 0 Å². The number of hydrogen-bond donors (Lipinski definition) is 3. The van der Waals surface area contributed by atoms with Gasteiger partial charge in [0, 0.05) is 32.0 Å². The van der Waals surface area contributed by atoms with E-state index in [-0.39, 0.29) is 30.7 Å². The lowest BCUT2D eigenvalue weighted by Crippen LogP contribution is -2.49. The van der Waals surface area contributed by atoms with Crippen molar-refractivity contribution in [3.8, 4) is 0 Å². The zero-order valence-electron chi connectivity index (χ0n) is 14.3. The van der Waals surface area contributed by atoms with E-state index < -0.39 is 5.97 Å². The summed E-state index contributed by atoms with van der Waals surface area (Å²) in [7, 11) is 0. The fraction of sp³-hybridized carbons (Fsp3) is 0.824. The van der Waals surface area contributed by atoms with Crippen LogP contribution < -0.4 is 10.6 Å². The number of amides is 2. The van der Waals surface area contributed by atoms with Crippen LogP contribution in [0.1, 0.15) is 51.4 Å². The normalized spacial score (nSPS) is 22.2. The third-order valence-corrected chi connectivity index (χ3v) is 4.93. The number of rotatable bonds is 7. The zero-order chi connectivity index (χ0) is 17.4. The zero-order valence-corrected chi connectivity index (χ0v) is 14.3. The van der Waals surface area contributed by atoms with Crippen LogP contribution in [0.4, 0.5) is 0 Å². The van der Waals surface area contributed by atoms with Gasteiger partial charge in [-0.2, -0.15) is 0 Å². The molecule has 0 bridgehead atoms. The average molecular weight is 339 g/mol. The van der Waals surface area contributed by atoms with Crippen LogP contribution in [-0.2, 0) is 14.4 Å². The van der Waals surface area contributed by atoms with Crippen molar-refractivity contribution in [3.05, 3.63) is 0 Å². The van der Waals surface area contributed by atoms with E-state index in [9.17, 15) is 14.4 Å². The standard InChI is InChI=1S/C17H29N3O4/c21-15(4-6-17(23)24)19-14-2-1-11-20(12-14)16(22)5-3-13-7-9-18-10-8-13/h13-14,18H,1-12H2,(H,19,21)(H,23,24). The first-order valence-corrected chi connectivity index (χ1v) is 9.04. The Hall–Kier alpha value is -1.63. The van der Waals surface area contributed by atoms with Gasteiger partial charge >= 0.3 is 5.97 Å². The Morgan fingerprint density at radius 2 is 1.83 bits per heavy atom. The molecule has 0 aromatic rings. The maximum atomic E-state index is 12.4. The number of hydrogen-bond acceptors (Lipinski definition) is 4. The molecule has 1 unspecified atom stereocenters. The van der Waals surface area contributed by atoms with E-state index >= 15 is 0 Å². The van der Waals surface area contributed by atoms with Gasteiger partial charge in [0.2, 0.25) is 11.8 Å². The number of nitrogens with one attached hydrogen (secondary N) is 2. The van der Waals surface area contributed by atoms with Crippen molar-refractivity contribution in [2.75, 3.05) is 26.2 Å². The molecule has 1 atom stereocenters. The molecule has 0 aromatic carbocycles. The largest absolute Gasteiger partial charge is 0.481 e. The Bertz CT molecular complexity index is 449. The Balaban J connectivity index is 1.70. The predicted molar refractivity (Wildman–Crippen MR) is 89.4 cm³/mol. The number of carbonyl (C=O) groups is 3. The van der Waals surface area contributed by atoms with E-state index in [1.165, 1.54) is 0 Å². The first kappa shape index (κ1) is 18.7. The second-order valence-corrected chi connectivity index (χ2v) is 6.87. The van der Waals surface area contributed by atoms with Crippen LogP contribution in [-0.4, -0.2) is 60.0 Å². The number of likely N-dealkylation sites (tertiary alicyclic amines) is 1. The molecule has 2 fully saturated rings. The lowest BCUT2D eigenvalue weighted by Gasteiger charge is -2.33. The predicted octanol–water partition coefficient (Wildman–Crippen LogP) is 0.738. The summed E-state index contributed by atoms with van der Waals surface area (Å²) < 4.78 is 0. The van der Waals surface area contributed by atoms with Crippen LogP contribution in [0.25, 0.3) is 0 Å². The van der Waals surface area contributed by atoms with E-state index in [1.807, 2.05) is 4.90 Å². The molecule has 24 heavy (non-hydrogen) atoms. The molecule has 3 N–H and O–H groups in total. The summed E-state index contributed by atoms with van der Waals surface area (Å²) >= 11 is 0. The van der Waals surface area contributed by atoms with E-state index in [2.05, 4.69) is 10.6 Å². The molecule has 2 saturated heterocycles. The Labute approximate surface area is 143 Å². The van der Waals surface area contributed by atoms with Crippen molar-refractivity contribution in [3.63, 3.8) is 0 Å². The van der Waals surface area contributed by atoms with Gasteiger partial charge in [0.15, 0.2) is 0 Å². The summed E-state index contributed by atoms with van der Waals surface area (Å²) in [5, 5.41) is 14.8. The van der Waals surface area contributed by atoms with Crippen molar-refractivity contribution in [2.24, 2.45) is 5.92 Å². The van der Waals surface area contributed by atoms with E-state index in [0.717, 1.165) is 51.7 Å². The number of aliphatic carboxylic acids is 1. The monoisotopic (exact) mass is 339 g/mol. The van der Waals surface area contributed by atoms with Crippen LogP contribution in [0.5, 0.6) is 0 Å². The molecule has 0 saturated carbocycles. The number of piperidine rings is 2. The van der Waals surface area contributed by atoms with E-state index in [0.29, 0.717) is 18.9 Å². The Morgan fingerprint density at radius 1 is 1.08 bits per heavy atom. The van der Waals surface area contributed by atoms with Gasteiger partial charge in [-0.15, -0.1) is 0 Å². The molecular weight excluding hydrogens is 310 g/mol. The Kier molecular flexibility index (Phi) is 7.49. The van der Waals surface area contributed by atoms with Gasteiger partial charge in [-0.05, 0) is 51.1 Å². The van der Waals surface area contributed by atoms with Crippen LogP contribution >= 0.6 is 0 Å². The van der Waals surface area contributed by atoms with Gasteiger partial charge in [0.05, 0.1) is 6.42 Å². The first-order valence-electron chi connectivity index (χ1n) is 9.04. The van der Waals surface area contributed by atoms with Gasteiger partial charge in [0.1, 0.15) is 0 Å². The van der Waals surface area contributed by atoms with Crippen molar-refractivity contribution in [1.82, 2.24) is 15.5 Å². The highest BCUT2D eigenvalue weighted by Gasteiger charge is 2.25. The molecule has 2 heterocycles. The maximum Gasteiger partial charge on any atom is 0.303 e. The molecule has 0 aromatic heterocycles. The molecule has 0 radical (unpaired) electrons. The first-order chi connectivity index (χ1) is 11.5. The minimum Gasteiger partial charge on any atom is -0.481 e. The molecular formula is C17H29N3O4. The molecule has 2 aliphatic rings. The second-order valence-electron chi connectivity index (χ2n) is 6.87. The highest BCUT2D eigenvalue weighted by atomic mass is 16.4. The van der Waals surface area contributed by atoms with Crippen molar-refractivity contribution < 1.29 is 19.5 Å². The quantitative estimate of drug-likeness (QED) is 0.635. The van der Waals surface area contributed by atoms with Gasteiger partial charge in [-0.25, -0.2) is 0 Å². The SMILES string of the molecule is O=C(O)CCC(=O)NC1CCCN(C(=O)CCC2CCNCC2)C1. The summed E-state index contributed by atoms with van der Waals surface area (Å²) in [6.07, 6.45) is 5.40. The lowest BCUT2D eigenvalue weighted by atomic mass is 9.93. The third kappa shape index (κ3) is 6.47. The van der Waals surface area contributed by atoms with Gasteiger partial charge in [0.25, 0.3) is 0 Å². The number of carboxylic acids is 1. The molecule has 0 spiro atoms. The van der Waals surface area contributed by atoms with E-state index in [4.69, 9.17) is 5.11 Å². The smallest absolute Gasteiger partial charge is 0.303 e. The van der Waals surface area contributed by atoms with Crippen LogP contribution in [0.3, 0.4) is 0 Å². The average Bonchev–Trinajstić information content (AvgIpc) is 2.59. The summed E-state index contributed by atoms with van der Waals surface area (Å²) in [5.41, 5.74) is 0. The number of nitrogens with zero attached hydrogens (tertiary/aromatic N) is 1. The minimum atomic E-state index is -0.969.